The zero-order valence-corrected chi connectivity index (χ0v) is 26.0. The summed E-state index contributed by atoms with van der Waals surface area (Å²) in [5, 5.41) is 3.18. The minimum Gasteiger partial charge on any atom is -0.494 e. The molecule has 1 aliphatic rings. The summed E-state index contributed by atoms with van der Waals surface area (Å²) in [7, 11) is -4.13. The SMILES string of the molecule is CCOc1ccc(S(=O)(=O)N(CC(=O)N(CCc2ccccc2)[C@H](CC)C(=O)NC2CCCCC2)c2ccccc2)cc1. The predicted octanol–water partition coefficient (Wildman–Crippen LogP) is 5.58. The topological polar surface area (TPSA) is 96.0 Å². The molecule has 0 aliphatic heterocycles. The number of sulfonamides is 1. The molecule has 0 spiro atoms. The summed E-state index contributed by atoms with van der Waals surface area (Å²) in [5.74, 6) is -0.0537. The van der Waals surface area contributed by atoms with Crippen molar-refractivity contribution < 1.29 is 22.7 Å². The first-order valence-corrected chi connectivity index (χ1v) is 16.7. The van der Waals surface area contributed by atoms with Gasteiger partial charge in [-0.1, -0.05) is 74.7 Å². The minimum atomic E-state index is -4.13. The maximum atomic E-state index is 14.2. The van der Waals surface area contributed by atoms with Crippen molar-refractivity contribution >= 4 is 27.5 Å². The molecule has 0 radical (unpaired) electrons. The van der Waals surface area contributed by atoms with Crippen LogP contribution in [0.2, 0.25) is 0 Å². The number of carbonyl (C=O) groups excluding carboxylic acids is 2. The van der Waals surface area contributed by atoms with Crippen LogP contribution in [0, 0.1) is 0 Å². The molecule has 1 fully saturated rings. The third-order valence-electron chi connectivity index (χ3n) is 7.87. The van der Waals surface area contributed by atoms with E-state index >= 15 is 0 Å². The van der Waals surface area contributed by atoms with Crippen molar-refractivity contribution in [3.8, 4) is 5.75 Å². The highest BCUT2D eigenvalue weighted by molar-refractivity contribution is 7.92. The Hall–Kier alpha value is -3.85. The van der Waals surface area contributed by atoms with Gasteiger partial charge in [0.1, 0.15) is 18.3 Å². The fraction of sp³-hybridized carbons (Fsp3) is 0.412. The molecule has 0 saturated heterocycles. The van der Waals surface area contributed by atoms with E-state index in [1.54, 1.807) is 47.4 Å². The Balaban J connectivity index is 1.64. The number of benzene rings is 3. The lowest BCUT2D eigenvalue weighted by Gasteiger charge is -2.34. The second-order valence-corrected chi connectivity index (χ2v) is 12.7. The van der Waals surface area contributed by atoms with E-state index in [1.807, 2.05) is 44.2 Å². The van der Waals surface area contributed by atoms with Crippen LogP contribution in [0.15, 0.2) is 89.8 Å². The molecule has 43 heavy (non-hydrogen) atoms. The summed E-state index contributed by atoms with van der Waals surface area (Å²) >= 11 is 0. The summed E-state index contributed by atoms with van der Waals surface area (Å²) in [6.07, 6.45) is 6.14. The zero-order chi connectivity index (χ0) is 30.7. The number of ether oxygens (including phenoxy) is 1. The van der Waals surface area contributed by atoms with Gasteiger partial charge in [0.15, 0.2) is 0 Å². The molecule has 2 amide bonds. The van der Waals surface area contributed by atoms with Crippen molar-refractivity contribution in [3.63, 3.8) is 0 Å². The largest absolute Gasteiger partial charge is 0.494 e. The van der Waals surface area contributed by atoms with Gasteiger partial charge in [0.2, 0.25) is 11.8 Å². The Bertz CT molecular complexity index is 1410. The number of hydrogen-bond acceptors (Lipinski definition) is 5. The van der Waals surface area contributed by atoms with Gasteiger partial charge in [-0.2, -0.15) is 0 Å². The van der Waals surface area contributed by atoms with E-state index in [1.165, 1.54) is 18.6 Å². The first-order valence-electron chi connectivity index (χ1n) is 15.3. The van der Waals surface area contributed by atoms with Gasteiger partial charge in [-0.25, -0.2) is 8.42 Å². The van der Waals surface area contributed by atoms with Crippen molar-refractivity contribution in [1.29, 1.82) is 0 Å². The lowest BCUT2D eigenvalue weighted by molar-refractivity contribution is -0.140. The van der Waals surface area contributed by atoms with Gasteiger partial charge < -0.3 is 15.0 Å². The maximum Gasteiger partial charge on any atom is 0.264 e. The van der Waals surface area contributed by atoms with Gasteiger partial charge in [-0.3, -0.25) is 13.9 Å². The summed E-state index contributed by atoms with van der Waals surface area (Å²) < 4.78 is 34.6. The Labute approximate surface area is 256 Å². The summed E-state index contributed by atoms with van der Waals surface area (Å²) in [6.45, 7) is 4.05. The van der Waals surface area contributed by atoms with Crippen molar-refractivity contribution in [2.24, 2.45) is 0 Å². The monoisotopic (exact) mass is 605 g/mol. The fourth-order valence-corrected chi connectivity index (χ4v) is 6.98. The van der Waals surface area contributed by atoms with E-state index in [0.717, 1.165) is 35.6 Å². The van der Waals surface area contributed by atoms with E-state index < -0.39 is 28.5 Å². The quantitative estimate of drug-likeness (QED) is 0.259. The summed E-state index contributed by atoms with van der Waals surface area (Å²) in [5.41, 5.74) is 1.40. The molecule has 3 aromatic rings. The molecular formula is C34H43N3O5S. The molecule has 1 aliphatic carbocycles. The number of nitrogens with zero attached hydrogens (tertiary/aromatic N) is 2. The van der Waals surface area contributed by atoms with Crippen LogP contribution in [0.3, 0.4) is 0 Å². The number of hydrogen-bond donors (Lipinski definition) is 1. The highest BCUT2D eigenvalue weighted by atomic mass is 32.2. The molecule has 0 bridgehead atoms. The molecule has 1 atom stereocenters. The van der Waals surface area contributed by atoms with Crippen LogP contribution >= 0.6 is 0 Å². The Morgan fingerprint density at radius 1 is 0.884 bits per heavy atom. The maximum absolute atomic E-state index is 14.2. The first kappa shape index (κ1) is 32.1. The fourth-order valence-electron chi connectivity index (χ4n) is 5.56. The molecule has 0 aromatic heterocycles. The highest BCUT2D eigenvalue weighted by Gasteiger charge is 2.34. The lowest BCUT2D eigenvalue weighted by atomic mass is 9.95. The number of amides is 2. The number of rotatable bonds is 14. The van der Waals surface area contributed by atoms with E-state index in [2.05, 4.69) is 5.32 Å². The van der Waals surface area contributed by atoms with Crippen LogP contribution in [-0.4, -0.2) is 56.9 Å². The Morgan fingerprint density at radius 3 is 2.12 bits per heavy atom. The van der Waals surface area contributed by atoms with E-state index in [-0.39, 0.29) is 23.4 Å². The van der Waals surface area contributed by atoms with E-state index in [0.29, 0.717) is 30.9 Å². The second-order valence-electron chi connectivity index (χ2n) is 10.8. The van der Waals surface area contributed by atoms with Gasteiger partial charge in [-0.05, 0) is 74.6 Å². The first-order chi connectivity index (χ1) is 20.8. The van der Waals surface area contributed by atoms with Crippen LogP contribution in [0.25, 0.3) is 0 Å². The van der Waals surface area contributed by atoms with Crippen molar-refractivity contribution in [3.05, 3.63) is 90.5 Å². The van der Waals surface area contributed by atoms with Crippen LogP contribution in [0.4, 0.5) is 5.69 Å². The van der Waals surface area contributed by atoms with E-state index in [9.17, 15) is 18.0 Å². The Kier molecular flexibility index (Phi) is 11.6. The van der Waals surface area contributed by atoms with Gasteiger partial charge >= 0.3 is 0 Å². The molecule has 3 aromatic carbocycles. The average molecular weight is 606 g/mol. The van der Waals surface area contributed by atoms with Crippen LogP contribution in [-0.2, 0) is 26.0 Å². The molecule has 9 heteroatoms. The van der Waals surface area contributed by atoms with Crippen molar-refractivity contribution in [2.45, 2.75) is 75.8 Å². The number of carbonyl (C=O) groups is 2. The number of nitrogens with one attached hydrogen (secondary N) is 1. The normalized spacial score (nSPS) is 14.5. The van der Waals surface area contributed by atoms with E-state index in [4.69, 9.17) is 4.74 Å². The lowest BCUT2D eigenvalue weighted by Crippen LogP contribution is -2.54. The van der Waals surface area contributed by atoms with Crippen LogP contribution < -0.4 is 14.4 Å². The smallest absolute Gasteiger partial charge is 0.264 e. The standard InChI is InChI=1S/C34H43N3O5S/c1-3-32(34(39)35-28-16-10-6-11-17-28)36(25-24-27-14-8-5-9-15-27)33(38)26-37(29-18-12-7-13-19-29)43(40,41)31-22-20-30(21-23-31)42-4-2/h5,7-9,12-15,18-23,28,32H,3-4,6,10-11,16-17,24-26H2,1-2H3,(H,35,39)/t32-/m1/s1. The minimum absolute atomic E-state index is 0.0468. The van der Waals surface area contributed by atoms with Crippen molar-refractivity contribution in [1.82, 2.24) is 10.2 Å². The van der Waals surface area contributed by atoms with Crippen LogP contribution in [0.5, 0.6) is 5.75 Å². The molecule has 0 unspecified atom stereocenters. The number of para-hydroxylation sites is 1. The second kappa shape index (κ2) is 15.6. The molecule has 1 saturated carbocycles. The zero-order valence-electron chi connectivity index (χ0n) is 25.2. The van der Waals surface area contributed by atoms with Gasteiger partial charge in [-0.15, -0.1) is 0 Å². The molecule has 230 valence electrons. The predicted molar refractivity (Wildman–Crippen MR) is 170 cm³/mol. The van der Waals surface area contributed by atoms with Gasteiger partial charge in [0, 0.05) is 12.6 Å². The third-order valence-corrected chi connectivity index (χ3v) is 9.66. The molecular weight excluding hydrogens is 562 g/mol. The molecule has 8 nitrogen and oxygen atoms in total. The molecule has 1 N–H and O–H groups in total. The molecule has 0 heterocycles. The summed E-state index contributed by atoms with van der Waals surface area (Å²) in [4.78, 5) is 29.4. The molecule has 4 rings (SSSR count). The van der Waals surface area contributed by atoms with Crippen molar-refractivity contribution in [2.75, 3.05) is 24.0 Å². The summed E-state index contributed by atoms with van der Waals surface area (Å²) in [6, 6.07) is 24.0. The highest BCUT2D eigenvalue weighted by Crippen LogP contribution is 2.26. The van der Waals surface area contributed by atoms with Crippen LogP contribution in [0.1, 0.15) is 57.9 Å². The van der Waals surface area contributed by atoms with Gasteiger partial charge in [0.25, 0.3) is 10.0 Å². The number of anilines is 1. The average Bonchev–Trinajstić information content (AvgIpc) is 3.03. The van der Waals surface area contributed by atoms with Gasteiger partial charge in [0.05, 0.1) is 17.2 Å². The Morgan fingerprint density at radius 2 is 1.51 bits per heavy atom. The third kappa shape index (κ3) is 8.60.